The minimum absolute atomic E-state index is 0.252. The average Bonchev–Trinajstić information content (AvgIpc) is 3.25. The number of carbonyl (C=O) groups excluding carboxylic acids is 1. The van der Waals surface area contributed by atoms with Crippen LogP contribution >= 0.6 is 11.8 Å². The van der Waals surface area contributed by atoms with E-state index in [1.807, 2.05) is 11.0 Å². The van der Waals surface area contributed by atoms with Crippen LogP contribution in [0.3, 0.4) is 0 Å². The Labute approximate surface area is 148 Å². The summed E-state index contributed by atoms with van der Waals surface area (Å²) in [6, 6.07) is 8.29. The predicted molar refractivity (Wildman–Crippen MR) is 100 cm³/mol. The van der Waals surface area contributed by atoms with Crippen molar-refractivity contribution in [2.24, 2.45) is 0 Å². The first-order chi connectivity index (χ1) is 11.8. The number of para-hydroxylation sites is 2. The van der Waals surface area contributed by atoms with Crippen molar-refractivity contribution < 1.29 is 4.79 Å². The molecule has 4 nitrogen and oxygen atoms in total. The first kappa shape index (κ1) is 17.3. The van der Waals surface area contributed by atoms with Gasteiger partial charge in [0.05, 0.1) is 16.8 Å². The normalized spacial score (nSPS) is 14.6. The maximum absolute atomic E-state index is 12.3. The highest BCUT2D eigenvalue weighted by Crippen LogP contribution is 2.25. The van der Waals surface area contributed by atoms with Gasteiger partial charge >= 0.3 is 0 Å². The molecular formula is C19H27N3OS. The van der Waals surface area contributed by atoms with Crippen LogP contribution in [-0.2, 0) is 11.3 Å². The van der Waals surface area contributed by atoms with Gasteiger partial charge in [0.1, 0.15) is 0 Å². The van der Waals surface area contributed by atoms with Gasteiger partial charge in [-0.3, -0.25) is 4.79 Å². The molecule has 0 atom stereocenters. The lowest BCUT2D eigenvalue weighted by Crippen LogP contribution is -2.29. The van der Waals surface area contributed by atoms with E-state index in [2.05, 4.69) is 29.7 Å². The van der Waals surface area contributed by atoms with E-state index >= 15 is 0 Å². The minimum atomic E-state index is 0.252. The molecule has 0 aliphatic carbocycles. The summed E-state index contributed by atoms with van der Waals surface area (Å²) in [6.07, 6.45) is 7.24. The molecule has 1 amide bonds. The molecule has 1 fully saturated rings. The van der Waals surface area contributed by atoms with Crippen LogP contribution in [0.2, 0.25) is 0 Å². The number of likely N-dealkylation sites (tertiary alicyclic amines) is 1. The number of hydrogen-bond donors (Lipinski definition) is 0. The van der Waals surface area contributed by atoms with E-state index < -0.39 is 0 Å². The van der Waals surface area contributed by atoms with Crippen LogP contribution in [0.5, 0.6) is 0 Å². The molecule has 1 aromatic heterocycles. The largest absolute Gasteiger partial charge is 0.342 e. The first-order valence-electron chi connectivity index (χ1n) is 9.15. The predicted octanol–water partition coefficient (Wildman–Crippen LogP) is 4.33. The number of thioether (sulfide) groups is 1. The van der Waals surface area contributed by atoms with Gasteiger partial charge in [0.2, 0.25) is 5.91 Å². The molecule has 2 aromatic rings. The number of aromatic nitrogens is 2. The molecule has 0 saturated carbocycles. The molecule has 1 saturated heterocycles. The monoisotopic (exact) mass is 345 g/mol. The lowest BCUT2D eigenvalue weighted by Gasteiger charge is -2.15. The van der Waals surface area contributed by atoms with Crippen LogP contribution in [0.25, 0.3) is 11.0 Å². The number of aryl methyl sites for hydroxylation is 1. The lowest BCUT2D eigenvalue weighted by atomic mass is 10.2. The Morgan fingerprint density at radius 2 is 1.96 bits per heavy atom. The van der Waals surface area contributed by atoms with Gasteiger partial charge in [0.25, 0.3) is 0 Å². The molecule has 0 N–H and O–H groups in total. The van der Waals surface area contributed by atoms with Gasteiger partial charge < -0.3 is 9.47 Å². The SMILES string of the molecule is CCCCCCn1c(SCC(=O)N2CCCC2)nc2ccccc21. The third kappa shape index (κ3) is 4.12. The maximum atomic E-state index is 12.3. The molecule has 2 heterocycles. The van der Waals surface area contributed by atoms with Crippen LogP contribution in [0.1, 0.15) is 45.4 Å². The second-order valence-corrected chi connectivity index (χ2v) is 7.41. The number of nitrogens with zero attached hydrogens (tertiary/aromatic N) is 3. The van der Waals surface area contributed by atoms with E-state index in [-0.39, 0.29) is 5.91 Å². The van der Waals surface area contributed by atoms with Gasteiger partial charge in [-0.2, -0.15) is 0 Å². The summed E-state index contributed by atoms with van der Waals surface area (Å²) < 4.78 is 2.30. The second kappa shape index (κ2) is 8.56. The van der Waals surface area contributed by atoms with Crippen molar-refractivity contribution >= 4 is 28.7 Å². The zero-order chi connectivity index (χ0) is 16.8. The topological polar surface area (TPSA) is 38.1 Å². The highest BCUT2D eigenvalue weighted by Gasteiger charge is 2.19. The van der Waals surface area contributed by atoms with Gasteiger partial charge in [-0.05, 0) is 31.4 Å². The minimum Gasteiger partial charge on any atom is -0.342 e. The maximum Gasteiger partial charge on any atom is 0.233 e. The van der Waals surface area contributed by atoms with E-state index in [0.717, 1.165) is 43.1 Å². The Morgan fingerprint density at radius 3 is 2.75 bits per heavy atom. The van der Waals surface area contributed by atoms with Crippen LogP contribution in [0, 0.1) is 0 Å². The van der Waals surface area contributed by atoms with E-state index in [1.54, 1.807) is 11.8 Å². The summed E-state index contributed by atoms with van der Waals surface area (Å²) in [6.45, 7) is 5.07. The van der Waals surface area contributed by atoms with Crippen molar-refractivity contribution in [1.82, 2.24) is 14.5 Å². The molecule has 130 valence electrons. The average molecular weight is 346 g/mol. The molecule has 1 aliphatic rings. The fourth-order valence-corrected chi connectivity index (χ4v) is 4.20. The third-order valence-electron chi connectivity index (χ3n) is 4.64. The van der Waals surface area contributed by atoms with Gasteiger partial charge in [-0.25, -0.2) is 4.98 Å². The lowest BCUT2D eigenvalue weighted by molar-refractivity contribution is -0.127. The van der Waals surface area contributed by atoms with Gasteiger partial charge in [0.15, 0.2) is 5.16 Å². The Hall–Kier alpha value is -1.49. The fraction of sp³-hybridized carbons (Fsp3) is 0.579. The van der Waals surface area contributed by atoms with Gasteiger partial charge in [0, 0.05) is 19.6 Å². The zero-order valence-corrected chi connectivity index (χ0v) is 15.4. The summed E-state index contributed by atoms with van der Waals surface area (Å²) in [5, 5.41) is 0.986. The fourth-order valence-electron chi connectivity index (χ4n) is 3.26. The molecule has 3 rings (SSSR count). The smallest absolute Gasteiger partial charge is 0.233 e. The number of fused-ring (bicyclic) bond motifs is 1. The molecule has 0 unspecified atom stereocenters. The molecule has 1 aromatic carbocycles. The highest BCUT2D eigenvalue weighted by atomic mass is 32.2. The molecule has 1 aliphatic heterocycles. The van der Waals surface area contributed by atoms with Crippen molar-refractivity contribution in [3.63, 3.8) is 0 Å². The number of imidazole rings is 1. The number of benzene rings is 1. The Balaban J connectivity index is 1.69. The number of unbranched alkanes of at least 4 members (excludes halogenated alkanes) is 3. The number of carbonyl (C=O) groups is 1. The van der Waals surface area contributed by atoms with Crippen molar-refractivity contribution in [3.05, 3.63) is 24.3 Å². The van der Waals surface area contributed by atoms with Crippen LogP contribution < -0.4 is 0 Å². The van der Waals surface area contributed by atoms with Crippen LogP contribution in [0.15, 0.2) is 29.4 Å². The number of rotatable bonds is 8. The molecule has 5 heteroatoms. The van der Waals surface area contributed by atoms with E-state index in [4.69, 9.17) is 4.98 Å². The van der Waals surface area contributed by atoms with Gasteiger partial charge in [-0.15, -0.1) is 0 Å². The van der Waals surface area contributed by atoms with Crippen LogP contribution in [0.4, 0.5) is 0 Å². The Kier molecular flexibility index (Phi) is 6.18. The highest BCUT2D eigenvalue weighted by molar-refractivity contribution is 7.99. The van der Waals surface area contributed by atoms with Crippen molar-refractivity contribution in [2.75, 3.05) is 18.8 Å². The summed E-state index contributed by atoms with van der Waals surface area (Å²) in [4.78, 5) is 19.1. The van der Waals surface area contributed by atoms with Crippen molar-refractivity contribution in [1.29, 1.82) is 0 Å². The van der Waals surface area contributed by atoms with Crippen molar-refractivity contribution in [2.45, 2.75) is 57.1 Å². The summed E-state index contributed by atoms with van der Waals surface area (Å²) in [5.74, 6) is 0.750. The molecular weight excluding hydrogens is 318 g/mol. The van der Waals surface area contributed by atoms with Crippen molar-refractivity contribution in [3.8, 4) is 0 Å². The van der Waals surface area contributed by atoms with E-state index in [9.17, 15) is 4.79 Å². The summed E-state index contributed by atoms with van der Waals surface area (Å²) >= 11 is 1.59. The third-order valence-corrected chi connectivity index (χ3v) is 5.60. The molecule has 0 radical (unpaired) electrons. The first-order valence-corrected chi connectivity index (χ1v) is 10.1. The van der Waals surface area contributed by atoms with E-state index in [1.165, 1.54) is 31.2 Å². The standard InChI is InChI=1S/C19H27N3OS/c1-2-3-4-7-14-22-17-11-6-5-10-16(17)20-19(22)24-15-18(23)21-12-8-9-13-21/h5-6,10-11H,2-4,7-9,12-15H2,1H3. The Bertz CT molecular complexity index is 676. The van der Waals surface area contributed by atoms with E-state index in [0.29, 0.717) is 5.75 Å². The molecule has 0 bridgehead atoms. The molecule has 0 spiro atoms. The van der Waals surface area contributed by atoms with Gasteiger partial charge in [-0.1, -0.05) is 50.1 Å². The summed E-state index contributed by atoms with van der Waals surface area (Å²) in [5.41, 5.74) is 2.22. The second-order valence-electron chi connectivity index (χ2n) is 6.47. The van der Waals surface area contributed by atoms with Crippen LogP contribution in [-0.4, -0.2) is 39.2 Å². The number of hydrogen-bond acceptors (Lipinski definition) is 3. The zero-order valence-electron chi connectivity index (χ0n) is 14.5. The quantitative estimate of drug-likeness (QED) is 0.528. The number of amides is 1. The molecule has 24 heavy (non-hydrogen) atoms. The summed E-state index contributed by atoms with van der Waals surface area (Å²) in [7, 11) is 0. The Morgan fingerprint density at radius 1 is 1.17 bits per heavy atom.